The maximum absolute atomic E-state index is 13.9. The molecule has 3 heterocycles. The van der Waals surface area contributed by atoms with Crippen LogP contribution in [0.1, 0.15) is 30.8 Å². The molecule has 0 aliphatic carbocycles. The Hall–Kier alpha value is -3.64. The zero-order valence-corrected chi connectivity index (χ0v) is 20.8. The number of aromatic nitrogens is 4. The highest BCUT2D eigenvalue weighted by atomic mass is 32.2. The number of alkyl halides is 2. The van der Waals surface area contributed by atoms with E-state index in [1.807, 2.05) is 26.0 Å². The first kappa shape index (κ1) is 25.0. The van der Waals surface area contributed by atoms with Gasteiger partial charge in [-0.15, -0.1) is 0 Å². The van der Waals surface area contributed by atoms with Gasteiger partial charge in [0, 0.05) is 18.4 Å². The molecule has 0 bridgehead atoms. The predicted molar refractivity (Wildman–Crippen MR) is 132 cm³/mol. The molecule has 1 aliphatic rings. The number of nitrogens with one attached hydrogen (secondary N) is 1. The highest BCUT2D eigenvalue weighted by molar-refractivity contribution is 7.89. The largest absolute Gasteiger partial charge is 0.361 e. The first-order chi connectivity index (χ1) is 17.5. The molecular weight excluding hydrogens is 505 g/mol. The fraction of sp³-hybridized carbons (Fsp3) is 0.280. The van der Waals surface area contributed by atoms with Crippen LogP contribution in [0, 0.1) is 12.7 Å². The summed E-state index contributed by atoms with van der Waals surface area (Å²) in [6.45, 7) is 2.46. The molecule has 12 heteroatoms. The van der Waals surface area contributed by atoms with Crippen LogP contribution in [0.4, 0.5) is 19.0 Å². The van der Waals surface area contributed by atoms with Crippen LogP contribution >= 0.6 is 0 Å². The average molecular weight is 529 g/mol. The van der Waals surface area contributed by atoms with Crippen molar-refractivity contribution in [3.05, 3.63) is 72.1 Å². The normalized spacial score (nSPS) is 16.7. The van der Waals surface area contributed by atoms with E-state index in [0.717, 1.165) is 10.00 Å². The Labute approximate surface area is 211 Å². The minimum atomic E-state index is -4.34. The second-order valence-corrected chi connectivity index (χ2v) is 10.9. The van der Waals surface area contributed by atoms with Crippen LogP contribution in [0.3, 0.4) is 0 Å². The molecule has 0 amide bonds. The number of rotatable bonds is 6. The van der Waals surface area contributed by atoms with Crippen LogP contribution in [0.5, 0.6) is 0 Å². The van der Waals surface area contributed by atoms with E-state index >= 15 is 0 Å². The van der Waals surface area contributed by atoms with E-state index in [1.165, 1.54) is 36.7 Å². The molecule has 2 aromatic carbocycles. The molecule has 1 N–H and O–H groups in total. The maximum atomic E-state index is 13.9. The number of anilines is 1. The summed E-state index contributed by atoms with van der Waals surface area (Å²) >= 11 is 0. The smallest absolute Gasteiger partial charge is 0.262 e. The van der Waals surface area contributed by atoms with Crippen LogP contribution in [-0.2, 0) is 10.0 Å². The van der Waals surface area contributed by atoms with Gasteiger partial charge in [-0.3, -0.25) is 0 Å². The number of benzene rings is 2. The number of aryl methyl sites for hydroxylation is 1. The number of halogens is 3. The lowest BCUT2D eigenvalue weighted by Crippen LogP contribution is -2.31. The molecule has 0 radical (unpaired) electrons. The summed E-state index contributed by atoms with van der Waals surface area (Å²) in [5.41, 5.74) is 2.46. The number of nitrogens with zero attached hydrogens (tertiary/aromatic N) is 5. The standard InChI is InChI=1S/C25H23F3N6O2S/c1-15-3-8-21(33-32-15)16(2)31-24-20-11-18(17-4-6-19(26)7-5-17)12-22(23(20)29-14-30-24)37(35,36)34-10-9-25(27,28)13-34/h3-8,11-12,14,16H,9-10,13H2,1-2H3,(H,29,30,31)/t16-/m1/s1. The summed E-state index contributed by atoms with van der Waals surface area (Å²) in [5.74, 6) is -3.23. The van der Waals surface area contributed by atoms with E-state index < -0.39 is 34.7 Å². The van der Waals surface area contributed by atoms with Gasteiger partial charge in [-0.2, -0.15) is 14.5 Å². The van der Waals surface area contributed by atoms with Gasteiger partial charge >= 0.3 is 0 Å². The van der Waals surface area contributed by atoms with E-state index in [4.69, 9.17) is 0 Å². The summed E-state index contributed by atoms with van der Waals surface area (Å²) in [6.07, 6.45) is 0.659. The van der Waals surface area contributed by atoms with Crippen molar-refractivity contribution in [3.8, 4) is 11.1 Å². The molecule has 37 heavy (non-hydrogen) atoms. The van der Waals surface area contributed by atoms with Crippen LogP contribution in [0.25, 0.3) is 22.0 Å². The van der Waals surface area contributed by atoms with E-state index in [0.29, 0.717) is 28.0 Å². The van der Waals surface area contributed by atoms with Gasteiger partial charge in [-0.05, 0) is 61.4 Å². The summed E-state index contributed by atoms with van der Waals surface area (Å²) in [4.78, 5) is 8.32. The number of sulfonamides is 1. The topological polar surface area (TPSA) is 101 Å². The molecule has 1 saturated heterocycles. The molecule has 1 atom stereocenters. The first-order valence-corrected chi connectivity index (χ1v) is 13.0. The Balaban J connectivity index is 1.66. The van der Waals surface area contributed by atoms with Crippen LogP contribution in [0.15, 0.2) is 59.8 Å². The third-order valence-electron chi connectivity index (χ3n) is 6.25. The van der Waals surface area contributed by atoms with E-state index in [-0.39, 0.29) is 23.0 Å². The third kappa shape index (κ3) is 4.98. The van der Waals surface area contributed by atoms with Crippen molar-refractivity contribution >= 4 is 26.7 Å². The second-order valence-electron chi connectivity index (χ2n) is 9.01. The van der Waals surface area contributed by atoms with Gasteiger partial charge in [-0.1, -0.05) is 12.1 Å². The van der Waals surface area contributed by atoms with Crippen molar-refractivity contribution in [1.29, 1.82) is 0 Å². The Bertz CT molecular complexity index is 1560. The Morgan fingerprint density at radius 3 is 2.43 bits per heavy atom. The molecule has 8 nitrogen and oxygen atoms in total. The summed E-state index contributed by atoms with van der Waals surface area (Å²) < 4.78 is 69.4. The zero-order valence-electron chi connectivity index (χ0n) is 20.0. The van der Waals surface area contributed by atoms with Crippen LogP contribution in [-0.4, -0.2) is 51.9 Å². The molecule has 0 saturated carbocycles. The fourth-order valence-corrected chi connectivity index (χ4v) is 5.88. The van der Waals surface area contributed by atoms with Gasteiger partial charge in [0.2, 0.25) is 10.0 Å². The van der Waals surface area contributed by atoms with Gasteiger partial charge in [0.15, 0.2) is 0 Å². The summed E-state index contributed by atoms with van der Waals surface area (Å²) in [5, 5.41) is 11.8. The monoisotopic (exact) mass is 528 g/mol. The minimum absolute atomic E-state index is 0.0840. The maximum Gasteiger partial charge on any atom is 0.262 e. The quantitative estimate of drug-likeness (QED) is 0.386. The lowest BCUT2D eigenvalue weighted by Gasteiger charge is -2.20. The van der Waals surface area contributed by atoms with Crippen molar-refractivity contribution in [2.24, 2.45) is 0 Å². The lowest BCUT2D eigenvalue weighted by atomic mass is 10.0. The predicted octanol–water partition coefficient (Wildman–Crippen LogP) is 4.74. The SMILES string of the molecule is Cc1ccc([C@@H](C)Nc2ncnc3c(S(=O)(=O)N4CCC(F)(F)C4)cc(-c4ccc(F)cc4)cc23)nn1. The molecule has 1 aliphatic heterocycles. The highest BCUT2D eigenvalue weighted by Crippen LogP contribution is 2.37. The lowest BCUT2D eigenvalue weighted by molar-refractivity contribution is 0.0183. The molecule has 0 spiro atoms. The number of hydrogen-bond donors (Lipinski definition) is 1. The third-order valence-corrected chi connectivity index (χ3v) is 8.11. The molecule has 4 aromatic rings. The summed E-state index contributed by atoms with van der Waals surface area (Å²) in [7, 11) is -4.34. The molecule has 5 rings (SSSR count). The van der Waals surface area contributed by atoms with Crippen molar-refractivity contribution in [1.82, 2.24) is 24.5 Å². The van der Waals surface area contributed by atoms with Gasteiger partial charge < -0.3 is 5.32 Å². The molecule has 2 aromatic heterocycles. The van der Waals surface area contributed by atoms with Gasteiger partial charge in [0.1, 0.15) is 22.9 Å². The first-order valence-electron chi connectivity index (χ1n) is 11.5. The highest BCUT2D eigenvalue weighted by Gasteiger charge is 2.44. The number of hydrogen-bond acceptors (Lipinski definition) is 7. The van der Waals surface area contributed by atoms with Crippen molar-refractivity contribution in [2.45, 2.75) is 37.1 Å². The second kappa shape index (κ2) is 9.34. The average Bonchev–Trinajstić information content (AvgIpc) is 3.25. The van der Waals surface area contributed by atoms with Crippen molar-refractivity contribution < 1.29 is 21.6 Å². The van der Waals surface area contributed by atoms with Crippen molar-refractivity contribution in [2.75, 3.05) is 18.4 Å². The van der Waals surface area contributed by atoms with Gasteiger partial charge in [0.25, 0.3) is 5.92 Å². The van der Waals surface area contributed by atoms with E-state index in [1.54, 1.807) is 6.07 Å². The Kier molecular flexibility index (Phi) is 6.32. The van der Waals surface area contributed by atoms with Gasteiger partial charge in [0.05, 0.1) is 29.5 Å². The zero-order chi connectivity index (χ0) is 26.4. The molecular formula is C25H23F3N6O2S. The summed E-state index contributed by atoms with van der Waals surface area (Å²) in [6, 6.07) is 11.9. The van der Waals surface area contributed by atoms with Crippen LogP contribution < -0.4 is 5.32 Å². The van der Waals surface area contributed by atoms with E-state index in [2.05, 4.69) is 25.5 Å². The number of fused-ring (bicyclic) bond motifs is 1. The van der Waals surface area contributed by atoms with Gasteiger partial charge in [-0.25, -0.2) is 31.6 Å². The fourth-order valence-electron chi connectivity index (χ4n) is 4.22. The van der Waals surface area contributed by atoms with Crippen molar-refractivity contribution in [3.63, 3.8) is 0 Å². The molecule has 0 unspecified atom stereocenters. The minimum Gasteiger partial charge on any atom is -0.361 e. The Morgan fingerprint density at radius 2 is 1.78 bits per heavy atom. The molecule has 1 fully saturated rings. The Morgan fingerprint density at radius 1 is 1.03 bits per heavy atom. The molecule has 192 valence electrons. The van der Waals surface area contributed by atoms with E-state index in [9.17, 15) is 21.6 Å². The van der Waals surface area contributed by atoms with Crippen LogP contribution in [0.2, 0.25) is 0 Å².